The molecule has 0 saturated heterocycles. The van der Waals surface area contributed by atoms with Crippen LogP contribution in [0.5, 0.6) is 0 Å². The summed E-state index contributed by atoms with van der Waals surface area (Å²) >= 11 is 0. The first-order valence-corrected chi connectivity index (χ1v) is 6.09. The first-order chi connectivity index (χ1) is 8.10. The van der Waals surface area contributed by atoms with Crippen LogP contribution >= 0.6 is 0 Å². The molecule has 4 heteroatoms. The molecule has 1 rings (SSSR count). The zero-order valence-electron chi connectivity index (χ0n) is 11.1. The number of nitrogens with one attached hydrogen (secondary N) is 1. The average molecular weight is 237 g/mol. The Labute approximate surface area is 104 Å². The Kier molecular flexibility index (Phi) is 5.55. The van der Waals surface area contributed by atoms with E-state index in [0.717, 1.165) is 11.1 Å². The zero-order chi connectivity index (χ0) is 12.8. The minimum Gasteiger partial charge on any atom is -0.376 e. The normalized spacial score (nSPS) is 14.9. The number of nitrogens with two attached hydrogens (primary N) is 1. The van der Waals surface area contributed by atoms with Gasteiger partial charge in [-0.3, -0.25) is 16.3 Å². The summed E-state index contributed by atoms with van der Waals surface area (Å²) < 4.78 is 5.78. The van der Waals surface area contributed by atoms with E-state index < -0.39 is 0 Å². The molecule has 96 valence electrons. The van der Waals surface area contributed by atoms with Crippen LogP contribution in [0.3, 0.4) is 0 Å². The number of rotatable bonds is 6. The van der Waals surface area contributed by atoms with Gasteiger partial charge in [-0.05, 0) is 30.9 Å². The molecule has 1 aromatic heterocycles. The second kappa shape index (κ2) is 6.69. The molecule has 0 bridgehead atoms. The number of pyridine rings is 1. The molecule has 0 aromatic carbocycles. The molecule has 0 aliphatic heterocycles. The topological polar surface area (TPSA) is 60.2 Å². The van der Waals surface area contributed by atoms with E-state index in [1.807, 2.05) is 26.2 Å². The summed E-state index contributed by atoms with van der Waals surface area (Å²) in [5, 5.41) is 0. The van der Waals surface area contributed by atoms with Crippen molar-refractivity contribution in [2.45, 2.75) is 39.8 Å². The van der Waals surface area contributed by atoms with Gasteiger partial charge in [-0.1, -0.05) is 19.9 Å². The van der Waals surface area contributed by atoms with Crippen LogP contribution in [0.4, 0.5) is 0 Å². The van der Waals surface area contributed by atoms with Crippen LogP contribution in [0, 0.1) is 12.8 Å². The van der Waals surface area contributed by atoms with Crippen molar-refractivity contribution in [1.82, 2.24) is 10.4 Å². The summed E-state index contributed by atoms with van der Waals surface area (Å²) in [6, 6.07) is 2.06. The molecule has 3 N–H and O–H groups in total. The maximum atomic E-state index is 5.78. The average Bonchev–Trinajstić information content (AvgIpc) is 2.29. The first kappa shape index (κ1) is 14.1. The SMILES string of the molecule is CCOC(C(C)C)C(NN)c1cncc(C)c1. The third kappa shape index (κ3) is 3.77. The Morgan fingerprint density at radius 1 is 1.41 bits per heavy atom. The van der Waals surface area contributed by atoms with Crippen molar-refractivity contribution < 1.29 is 4.74 Å². The second-order valence-electron chi connectivity index (χ2n) is 4.60. The Bertz CT molecular complexity index is 341. The molecular formula is C13H23N3O. The van der Waals surface area contributed by atoms with Gasteiger partial charge in [0, 0.05) is 19.0 Å². The van der Waals surface area contributed by atoms with E-state index in [4.69, 9.17) is 10.6 Å². The van der Waals surface area contributed by atoms with Crippen molar-refractivity contribution in [2.75, 3.05) is 6.61 Å². The van der Waals surface area contributed by atoms with Gasteiger partial charge in [0.15, 0.2) is 0 Å². The van der Waals surface area contributed by atoms with Crippen LogP contribution in [-0.4, -0.2) is 17.7 Å². The summed E-state index contributed by atoms with van der Waals surface area (Å²) in [5.41, 5.74) is 5.04. The Balaban J connectivity index is 2.95. The predicted molar refractivity (Wildman–Crippen MR) is 69.3 cm³/mol. The summed E-state index contributed by atoms with van der Waals surface area (Å²) in [6.45, 7) is 8.97. The first-order valence-electron chi connectivity index (χ1n) is 6.09. The van der Waals surface area contributed by atoms with Crippen LogP contribution in [0.2, 0.25) is 0 Å². The van der Waals surface area contributed by atoms with Crippen LogP contribution in [0.1, 0.15) is 37.9 Å². The molecule has 1 aromatic rings. The number of aryl methyl sites for hydroxylation is 1. The van der Waals surface area contributed by atoms with Gasteiger partial charge in [0.2, 0.25) is 0 Å². The zero-order valence-corrected chi connectivity index (χ0v) is 11.1. The van der Waals surface area contributed by atoms with E-state index in [1.54, 1.807) is 0 Å². The molecule has 2 atom stereocenters. The van der Waals surface area contributed by atoms with E-state index in [1.165, 1.54) is 0 Å². The molecule has 2 unspecified atom stereocenters. The van der Waals surface area contributed by atoms with Gasteiger partial charge in [-0.2, -0.15) is 0 Å². The number of aromatic nitrogens is 1. The highest BCUT2D eigenvalue weighted by Gasteiger charge is 2.25. The Hall–Kier alpha value is -0.970. The monoisotopic (exact) mass is 237 g/mol. The lowest BCUT2D eigenvalue weighted by atomic mass is 9.94. The maximum Gasteiger partial charge on any atom is 0.0805 e. The van der Waals surface area contributed by atoms with Crippen molar-refractivity contribution in [3.63, 3.8) is 0 Å². The smallest absolute Gasteiger partial charge is 0.0805 e. The molecule has 0 amide bonds. The number of hydrogen-bond donors (Lipinski definition) is 2. The summed E-state index contributed by atoms with van der Waals surface area (Å²) in [6.07, 6.45) is 3.72. The van der Waals surface area contributed by atoms with E-state index >= 15 is 0 Å². The Morgan fingerprint density at radius 2 is 2.12 bits per heavy atom. The maximum absolute atomic E-state index is 5.78. The molecular weight excluding hydrogens is 214 g/mol. The lowest BCUT2D eigenvalue weighted by Crippen LogP contribution is -2.40. The highest BCUT2D eigenvalue weighted by Crippen LogP contribution is 2.24. The fourth-order valence-electron chi connectivity index (χ4n) is 2.00. The molecule has 1 heterocycles. The minimum atomic E-state index is -0.0256. The van der Waals surface area contributed by atoms with Crippen molar-refractivity contribution in [3.8, 4) is 0 Å². The largest absolute Gasteiger partial charge is 0.376 e. The molecule has 0 radical (unpaired) electrons. The highest BCUT2D eigenvalue weighted by atomic mass is 16.5. The molecule has 0 aliphatic rings. The van der Waals surface area contributed by atoms with E-state index in [0.29, 0.717) is 12.5 Å². The van der Waals surface area contributed by atoms with Crippen molar-refractivity contribution in [3.05, 3.63) is 29.6 Å². The third-order valence-electron chi connectivity index (χ3n) is 2.78. The van der Waals surface area contributed by atoms with Gasteiger partial charge in [0.1, 0.15) is 0 Å². The molecule has 0 aliphatic carbocycles. The summed E-state index contributed by atoms with van der Waals surface area (Å²) in [5.74, 6) is 6.05. The summed E-state index contributed by atoms with van der Waals surface area (Å²) in [7, 11) is 0. The van der Waals surface area contributed by atoms with E-state index in [2.05, 4.69) is 30.3 Å². The van der Waals surface area contributed by atoms with Gasteiger partial charge >= 0.3 is 0 Å². The van der Waals surface area contributed by atoms with Crippen molar-refractivity contribution in [1.29, 1.82) is 0 Å². The van der Waals surface area contributed by atoms with Gasteiger partial charge in [-0.15, -0.1) is 0 Å². The highest BCUT2D eigenvalue weighted by molar-refractivity contribution is 5.21. The third-order valence-corrected chi connectivity index (χ3v) is 2.78. The number of hydrazine groups is 1. The van der Waals surface area contributed by atoms with Crippen LogP contribution in [0.25, 0.3) is 0 Å². The van der Waals surface area contributed by atoms with Gasteiger partial charge in [0.25, 0.3) is 0 Å². The predicted octanol–water partition coefficient (Wildman–Crippen LogP) is 1.96. The number of nitrogens with zero attached hydrogens (tertiary/aromatic N) is 1. The summed E-state index contributed by atoms with van der Waals surface area (Å²) in [4.78, 5) is 4.20. The molecule has 0 saturated carbocycles. The quantitative estimate of drug-likeness (QED) is 0.586. The van der Waals surface area contributed by atoms with Gasteiger partial charge in [0.05, 0.1) is 12.1 Å². The number of ether oxygens (including phenoxy) is 1. The standard InChI is InChI=1S/C13H23N3O/c1-5-17-13(9(2)3)12(16-14)11-6-10(4)7-15-8-11/h6-9,12-13,16H,5,14H2,1-4H3. The lowest BCUT2D eigenvalue weighted by Gasteiger charge is -2.29. The van der Waals surface area contributed by atoms with Gasteiger partial charge < -0.3 is 4.74 Å². The minimum absolute atomic E-state index is 0.0256. The van der Waals surface area contributed by atoms with Crippen LogP contribution in [-0.2, 0) is 4.74 Å². The fourth-order valence-corrected chi connectivity index (χ4v) is 2.00. The van der Waals surface area contributed by atoms with E-state index in [9.17, 15) is 0 Å². The van der Waals surface area contributed by atoms with Gasteiger partial charge in [-0.25, -0.2) is 0 Å². The Morgan fingerprint density at radius 3 is 2.59 bits per heavy atom. The lowest BCUT2D eigenvalue weighted by molar-refractivity contribution is 0.00268. The van der Waals surface area contributed by atoms with Crippen LogP contribution < -0.4 is 11.3 Å². The molecule has 4 nitrogen and oxygen atoms in total. The van der Waals surface area contributed by atoms with Crippen molar-refractivity contribution >= 4 is 0 Å². The number of hydrogen-bond acceptors (Lipinski definition) is 4. The fraction of sp³-hybridized carbons (Fsp3) is 0.615. The second-order valence-corrected chi connectivity index (χ2v) is 4.60. The molecule has 0 fully saturated rings. The van der Waals surface area contributed by atoms with E-state index in [-0.39, 0.29) is 12.1 Å². The molecule has 17 heavy (non-hydrogen) atoms. The van der Waals surface area contributed by atoms with Crippen LogP contribution in [0.15, 0.2) is 18.5 Å². The molecule has 0 spiro atoms. The van der Waals surface area contributed by atoms with Crippen molar-refractivity contribution in [2.24, 2.45) is 11.8 Å².